The fourth-order valence-electron chi connectivity index (χ4n) is 7.70. The minimum atomic E-state index is 0.0121. The van der Waals surface area contributed by atoms with E-state index in [0.29, 0.717) is 5.84 Å². The zero-order valence-electron chi connectivity index (χ0n) is 28.2. The molecule has 0 aliphatic heterocycles. The van der Waals surface area contributed by atoms with Crippen molar-refractivity contribution in [2.45, 2.75) is 76.5 Å². The Morgan fingerprint density at radius 1 is 0.750 bits per heavy atom. The number of fused-ring (bicyclic) bond motifs is 1. The summed E-state index contributed by atoms with van der Waals surface area (Å²) >= 11 is 0. The van der Waals surface area contributed by atoms with Crippen molar-refractivity contribution in [3.05, 3.63) is 173 Å². The van der Waals surface area contributed by atoms with Crippen LogP contribution in [0.4, 0.5) is 0 Å². The van der Waals surface area contributed by atoms with Crippen LogP contribution in [-0.2, 0) is 11.8 Å². The van der Waals surface area contributed by atoms with Crippen molar-refractivity contribution >= 4 is 22.8 Å². The Balaban J connectivity index is 1.16. The van der Waals surface area contributed by atoms with Gasteiger partial charge in [0.25, 0.3) is 0 Å². The maximum Gasteiger partial charge on any atom is 0.159 e. The van der Waals surface area contributed by atoms with Gasteiger partial charge in [0, 0.05) is 28.5 Å². The van der Waals surface area contributed by atoms with Crippen molar-refractivity contribution in [3.63, 3.8) is 0 Å². The number of hydrogen-bond acceptors (Lipinski definition) is 2. The third-order valence-electron chi connectivity index (χ3n) is 10.3. The lowest BCUT2D eigenvalue weighted by atomic mass is 9.64. The standard InChI is InChI=1S/C45H45N3/c1-33(35-15-6-3-7-16-35)47-44(39-17-8-4-9-18-39)48-34(2)36-24-27-41(28-25-36)45(30-10-5-11-31-45)40-22-12-19-37(26-29-40)42-23-13-20-38-21-14-32-46-43(38)42/h3,6-8,14-19,21-29,32H,2,4-5,9-13,20,30-31H2,1H3/b47-33+,48-44-. The third kappa shape index (κ3) is 6.73. The Labute approximate surface area is 286 Å². The SMILES string of the molecule is C=C(/N=C(\N=C(/C)c1ccccc1)C1=CCCC=C1)c1ccc(C2(C3=CCC=C(C4=CCCc5cccnc54)C=C3)CCCCC2)cc1. The fraction of sp³-hybridized carbons (Fsp3) is 0.267. The van der Waals surface area contributed by atoms with Crippen molar-refractivity contribution in [1.82, 2.24) is 4.98 Å². The highest BCUT2D eigenvalue weighted by Crippen LogP contribution is 2.47. The molecule has 3 heteroatoms. The van der Waals surface area contributed by atoms with Crippen molar-refractivity contribution in [3.8, 4) is 0 Å². The van der Waals surface area contributed by atoms with E-state index in [-0.39, 0.29) is 5.41 Å². The second-order valence-electron chi connectivity index (χ2n) is 13.4. The van der Waals surface area contributed by atoms with Crippen LogP contribution in [-0.4, -0.2) is 16.5 Å². The van der Waals surface area contributed by atoms with Crippen LogP contribution in [0.3, 0.4) is 0 Å². The molecular formula is C45H45N3. The van der Waals surface area contributed by atoms with Crippen LogP contribution in [0.2, 0.25) is 0 Å². The molecule has 0 unspecified atom stereocenters. The van der Waals surface area contributed by atoms with Gasteiger partial charge in [0.1, 0.15) is 0 Å². The molecule has 0 radical (unpaired) electrons. The molecule has 48 heavy (non-hydrogen) atoms. The average Bonchev–Trinajstić information content (AvgIpc) is 3.42. The summed E-state index contributed by atoms with van der Waals surface area (Å²) in [4.78, 5) is 14.8. The molecule has 4 aliphatic rings. The first-order valence-electron chi connectivity index (χ1n) is 17.7. The van der Waals surface area contributed by atoms with Gasteiger partial charge in [0.2, 0.25) is 0 Å². The van der Waals surface area contributed by atoms with Crippen LogP contribution >= 0.6 is 0 Å². The number of allylic oxidation sites excluding steroid dienone is 10. The Morgan fingerprint density at radius 3 is 2.38 bits per heavy atom. The number of aliphatic imine (C=N–C) groups is 2. The van der Waals surface area contributed by atoms with Crippen molar-refractivity contribution in [1.29, 1.82) is 0 Å². The van der Waals surface area contributed by atoms with E-state index in [0.717, 1.165) is 65.9 Å². The van der Waals surface area contributed by atoms with Gasteiger partial charge in [-0.25, -0.2) is 9.98 Å². The molecule has 0 N–H and O–H groups in total. The maximum absolute atomic E-state index is 5.04. The van der Waals surface area contributed by atoms with E-state index in [2.05, 4.69) is 111 Å². The lowest BCUT2D eigenvalue weighted by molar-refractivity contribution is 0.344. The monoisotopic (exact) mass is 627 g/mol. The van der Waals surface area contributed by atoms with Crippen molar-refractivity contribution in [2.24, 2.45) is 9.98 Å². The van der Waals surface area contributed by atoms with E-state index in [1.54, 1.807) is 0 Å². The van der Waals surface area contributed by atoms with E-state index >= 15 is 0 Å². The summed E-state index contributed by atoms with van der Waals surface area (Å²) in [5, 5.41) is 0. The van der Waals surface area contributed by atoms with Crippen LogP contribution in [0.1, 0.15) is 92.7 Å². The molecule has 1 saturated carbocycles. The molecule has 240 valence electrons. The fourth-order valence-corrected chi connectivity index (χ4v) is 7.70. The second-order valence-corrected chi connectivity index (χ2v) is 13.4. The summed E-state index contributed by atoms with van der Waals surface area (Å²) in [6.45, 7) is 6.47. The molecule has 0 atom stereocenters. The molecule has 0 saturated heterocycles. The highest BCUT2D eigenvalue weighted by molar-refractivity contribution is 6.13. The number of amidine groups is 1. The molecule has 3 aromatic rings. The summed E-state index contributed by atoms with van der Waals surface area (Å²) in [6.07, 6.45) is 31.7. The summed E-state index contributed by atoms with van der Waals surface area (Å²) in [5.74, 6) is 0.716. The van der Waals surface area contributed by atoms with Crippen molar-refractivity contribution in [2.75, 3.05) is 0 Å². The van der Waals surface area contributed by atoms with E-state index in [9.17, 15) is 0 Å². The summed E-state index contributed by atoms with van der Waals surface area (Å²) in [7, 11) is 0. The molecule has 7 rings (SSSR count). The summed E-state index contributed by atoms with van der Waals surface area (Å²) in [5.41, 5.74) is 12.8. The molecule has 4 aliphatic carbocycles. The Hall–Kier alpha value is -4.89. The van der Waals surface area contributed by atoms with Gasteiger partial charge in [-0.15, -0.1) is 0 Å². The van der Waals surface area contributed by atoms with Crippen molar-refractivity contribution < 1.29 is 0 Å². The van der Waals surface area contributed by atoms with E-state index in [1.165, 1.54) is 60.0 Å². The van der Waals surface area contributed by atoms with Crippen LogP contribution in [0, 0.1) is 0 Å². The first-order chi connectivity index (χ1) is 23.6. The molecule has 1 aromatic heterocycles. The number of nitrogens with zero attached hydrogens (tertiary/aromatic N) is 3. The number of benzene rings is 2. The van der Waals surface area contributed by atoms with Gasteiger partial charge in [-0.2, -0.15) is 0 Å². The topological polar surface area (TPSA) is 37.6 Å². The van der Waals surface area contributed by atoms with E-state index in [4.69, 9.17) is 15.0 Å². The Bertz CT molecular complexity index is 1920. The maximum atomic E-state index is 5.04. The number of aromatic nitrogens is 1. The minimum Gasteiger partial charge on any atom is -0.256 e. The van der Waals surface area contributed by atoms with Gasteiger partial charge in [-0.1, -0.05) is 135 Å². The normalized spacial score (nSPS) is 19.4. The predicted octanol–water partition coefficient (Wildman–Crippen LogP) is 11.3. The Kier molecular flexibility index (Phi) is 9.56. The first-order valence-corrected chi connectivity index (χ1v) is 17.7. The Morgan fingerprint density at radius 2 is 1.58 bits per heavy atom. The van der Waals surface area contributed by atoms with Crippen LogP contribution in [0.15, 0.2) is 155 Å². The molecule has 0 amide bonds. The molecule has 2 aromatic carbocycles. The van der Waals surface area contributed by atoms with Crippen LogP contribution < -0.4 is 0 Å². The minimum absolute atomic E-state index is 0.0121. The average molecular weight is 628 g/mol. The predicted molar refractivity (Wildman–Crippen MR) is 203 cm³/mol. The molecule has 0 bridgehead atoms. The first kappa shape index (κ1) is 31.7. The zero-order chi connectivity index (χ0) is 32.8. The van der Waals surface area contributed by atoms with Gasteiger partial charge in [-0.3, -0.25) is 4.98 Å². The van der Waals surface area contributed by atoms with Gasteiger partial charge >= 0.3 is 0 Å². The van der Waals surface area contributed by atoms with Gasteiger partial charge in [-0.05, 0) is 91.3 Å². The van der Waals surface area contributed by atoms with Gasteiger partial charge < -0.3 is 0 Å². The van der Waals surface area contributed by atoms with Gasteiger partial charge in [0.05, 0.1) is 11.4 Å². The highest BCUT2D eigenvalue weighted by atomic mass is 14.9. The number of hydrogen-bond donors (Lipinski definition) is 0. The zero-order valence-corrected chi connectivity index (χ0v) is 28.2. The highest BCUT2D eigenvalue weighted by Gasteiger charge is 2.36. The number of aryl methyl sites for hydroxylation is 1. The summed E-state index contributed by atoms with van der Waals surface area (Å²) < 4.78 is 0. The van der Waals surface area contributed by atoms with Crippen LogP contribution in [0.5, 0.6) is 0 Å². The van der Waals surface area contributed by atoms with Gasteiger partial charge in [0.15, 0.2) is 5.84 Å². The lowest BCUT2D eigenvalue weighted by Crippen LogP contribution is -2.31. The molecule has 1 fully saturated rings. The largest absolute Gasteiger partial charge is 0.256 e. The van der Waals surface area contributed by atoms with E-state index in [1.807, 2.05) is 24.4 Å². The number of pyridine rings is 1. The van der Waals surface area contributed by atoms with Crippen LogP contribution in [0.25, 0.3) is 11.3 Å². The quantitative estimate of drug-likeness (QED) is 0.190. The van der Waals surface area contributed by atoms with E-state index < -0.39 is 0 Å². The molecule has 3 nitrogen and oxygen atoms in total. The molecular weight excluding hydrogens is 583 g/mol. The summed E-state index contributed by atoms with van der Waals surface area (Å²) in [6, 6.07) is 23.7. The molecule has 1 heterocycles. The third-order valence-corrected chi connectivity index (χ3v) is 10.3. The second kappa shape index (κ2) is 14.5. The lowest BCUT2D eigenvalue weighted by Gasteiger charge is -2.39. The molecule has 0 spiro atoms. The number of rotatable bonds is 7. The smallest absolute Gasteiger partial charge is 0.159 e.